The van der Waals surface area contributed by atoms with E-state index in [-0.39, 0.29) is 42.0 Å². The Bertz CT molecular complexity index is 855. The molecule has 0 bridgehead atoms. The highest BCUT2D eigenvalue weighted by molar-refractivity contribution is 7.89. The van der Waals surface area contributed by atoms with Gasteiger partial charge in [0.1, 0.15) is 0 Å². The largest absolute Gasteiger partial charge is 0.343 e. The lowest BCUT2D eigenvalue weighted by Gasteiger charge is -2.34. The van der Waals surface area contributed by atoms with Crippen LogP contribution in [-0.2, 0) is 19.6 Å². The Morgan fingerprint density at radius 3 is 2.00 bits per heavy atom. The summed E-state index contributed by atoms with van der Waals surface area (Å²) in [6, 6.07) is 5.90. The second-order valence-electron chi connectivity index (χ2n) is 7.29. The maximum absolute atomic E-state index is 12.8. The summed E-state index contributed by atoms with van der Waals surface area (Å²) >= 11 is 0. The molecule has 0 saturated carbocycles. The molecule has 0 unspecified atom stereocenters. The van der Waals surface area contributed by atoms with Gasteiger partial charge in [0.2, 0.25) is 21.8 Å². The van der Waals surface area contributed by atoms with E-state index >= 15 is 0 Å². The lowest BCUT2D eigenvalue weighted by atomic mass is 10.2. The van der Waals surface area contributed by atoms with Crippen LogP contribution in [0.5, 0.6) is 0 Å². The van der Waals surface area contributed by atoms with Gasteiger partial charge < -0.3 is 9.80 Å². The van der Waals surface area contributed by atoms with Crippen LogP contribution in [0.3, 0.4) is 0 Å². The minimum Gasteiger partial charge on any atom is -0.343 e. The Morgan fingerprint density at radius 2 is 1.50 bits per heavy atom. The SMILES string of the molecule is CCN(CC)C(=O)CCCC(=O)N1CCN(S(=O)(=O)c2ccc(C(C)=O)cc2)CC1. The summed E-state index contributed by atoms with van der Waals surface area (Å²) in [4.78, 5) is 39.3. The number of ketones is 1. The standard InChI is InChI=1S/C21H31N3O5S/c1-4-22(5-2)20(26)7-6-8-21(27)23-13-15-24(16-14-23)30(28,29)19-11-9-18(10-12-19)17(3)25/h9-12H,4-8,13-16H2,1-3H3. The molecule has 1 heterocycles. The van der Waals surface area contributed by atoms with Crippen LogP contribution >= 0.6 is 0 Å². The number of carbonyl (C=O) groups is 3. The molecule has 1 aromatic carbocycles. The summed E-state index contributed by atoms with van der Waals surface area (Å²) in [7, 11) is -3.66. The molecule has 0 N–H and O–H groups in total. The summed E-state index contributed by atoms with van der Waals surface area (Å²) in [5.41, 5.74) is 0.462. The molecular formula is C21H31N3O5S. The molecule has 0 aromatic heterocycles. The van der Waals surface area contributed by atoms with Crippen LogP contribution in [0.4, 0.5) is 0 Å². The number of rotatable bonds is 9. The zero-order valence-corrected chi connectivity index (χ0v) is 18.8. The molecule has 0 radical (unpaired) electrons. The van der Waals surface area contributed by atoms with Crippen LogP contribution < -0.4 is 0 Å². The van der Waals surface area contributed by atoms with Crippen LogP contribution in [0.25, 0.3) is 0 Å². The maximum atomic E-state index is 12.8. The van der Waals surface area contributed by atoms with E-state index in [0.717, 1.165) is 0 Å². The van der Waals surface area contributed by atoms with Crippen molar-refractivity contribution in [2.45, 2.75) is 44.9 Å². The first-order valence-corrected chi connectivity index (χ1v) is 11.8. The fraction of sp³-hybridized carbons (Fsp3) is 0.571. The van der Waals surface area contributed by atoms with Crippen molar-refractivity contribution in [2.24, 2.45) is 0 Å². The van der Waals surface area contributed by atoms with Crippen LogP contribution in [0.1, 0.15) is 50.4 Å². The number of Topliss-reactive ketones (excluding diaryl/α,β-unsaturated/α-hetero) is 1. The predicted molar refractivity (Wildman–Crippen MR) is 114 cm³/mol. The second kappa shape index (κ2) is 10.7. The van der Waals surface area contributed by atoms with Crippen molar-refractivity contribution in [2.75, 3.05) is 39.3 Å². The van der Waals surface area contributed by atoms with E-state index in [1.54, 1.807) is 9.80 Å². The maximum Gasteiger partial charge on any atom is 0.243 e. The van der Waals surface area contributed by atoms with Gasteiger partial charge >= 0.3 is 0 Å². The number of amides is 2. The molecule has 30 heavy (non-hydrogen) atoms. The molecule has 1 saturated heterocycles. The third-order valence-electron chi connectivity index (χ3n) is 5.39. The van der Waals surface area contributed by atoms with E-state index in [1.807, 2.05) is 13.8 Å². The van der Waals surface area contributed by atoms with Crippen LogP contribution in [0.2, 0.25) is 0 Å². The number of sulfonamides is 1. The van der Waals surface area contributed by atoms with E-state index in [4.69, 9.17) is 0 Å². The zero-order valence-electron chi connectivity index (χ0n) is 18.0. The number of benzene rings is 1. The molecule has 9 heteroatoms. The molecule has 2 rings (SSSR count). The average molecular weight is 438 g/mol. The van der Waals surface area contributed by atoms with Gasteiger partial charge in [-0.25, -0.2) is 8.42 Å². The second-order valence-corrected chi connectivity index (χ2v) is 9.22. The zero-order chi connectivity index (χ0) is 22.3. The molecule has 8 nitrogen and oxygen atoms in total. The molecule has 1 fully saturated rings. The first-order valence-electron chi connectivity index (χ1n) is 10.4. The average Bonchev–Trinajstić information content (AvgIpc) is 2.74. The molecule has 0 aliphatic carbocycles. The monoisotopic (exact) mass is 437 g/mol. The third kappa shape index (κ3) is 5.89. The lowest BCUT2D eigenvalue weighted by Crippen LogP contribution is -2.50. The molecule has 0 spiro atoms. The molecule has 0 atom stereocenters. The van der Waals surface area contributed by atoms with Crippen LogP contribution in [-0.4, -0.2) is 79.4 Å². The molecular weight excluding hydrogens is 406 g/mol. The fourth-order valence-electron chi connectivity index (χ4n) is 3.47. The minimum atomic E-state index is -3.66. The Morgan fingerprint density at radius 1 is 0.933 bits per heavy atom. The normalized spacial score (nSPS) is 15.1. The van der Waals surface area contributed by atoms with Gasteiger partial charge in [-0.1, -0.05) is 12.1 Å². The first kappa shape index (κ1) is 24.0. The Kier molecular flexibility index (Phi) is 8.54. The van der Waals surface area contributed by atoms with Gasteiger partial charge in [-0.05, 0) is 39.3 Å². The van der Waals surface area contributed by atoms with Gasteiger partial charge in [0.05, 0.1) is 4.90 Å². The number of nitrogens with zero attached hydrogens (tertiary/aromatic N) is 3. The van der Waals surface area contributed by atoms with E-state index in [0.29, 0.717) is 44.6 Å². The van der Waals surface area contributed by atoms with E-state index in [2.05, 4.69) is 0 Å². The summed E-state index contributed by atoms with van der Waals surface area (Å²) in [5, 5.41) is 0. The van der Waals surface area contributed by atoms with E-state index in [1.165, 1.54) is 35.5 Å². The van der Waals surface area contributed by atoms with Crippen molar-refractivity contribution < 1.29 is 22.8 Å². The summed E-state index contributed by atoms with van der Waals surface area (Å²) in [6.07, 6.45) is 1.12. The Hall–Kier alpha value is -2.26. The van der Waals surface area contributed by atoms with Crippen LogP contribution in [0.15, 0.2) is 29.2 Å². The van der Waals surface area contributed by atoms with E-state index in [9.17, 15) is 22.8 Å². The topological polar surface area (TPSA) is 95.1 Å². The van der Waals surface area contributed by atoms with Gasteiger partial charge in [0, 0.05) is 57.7 Å². The molecule has 1 aromatic rings. The number of piperazine rings is 1. The summed E-state index contributed by atoms with van der Waals surface area (Å²) in [6.45, 7) is 7.71. The van der Waals surface area contributed by atoms with Crippen molar-refractivity contribution in [1.29, 1.82) is 0 Å². The number of hydrogen-bond acceptors (Lipinski definition) is 5. The van der Waals surface area contributed by atoms with Gasteiger partial charge in [-0.3, -0.25) is 14.4 Å². The smallest absolute Gasteiger partial charge is 0.243 e. The highest BCUT2D eigenvalue weighted by Crippen LogP contribution is 2.19. The van der Waals surface area contributed by atoms with Gasteiger partial charge in [-0.2, -0.15) is 4.31 Å². The molecule has 1 aliphatic rings. The van der Waals surface area contributed by atoms with Crippen LogP contribution in [0, 0.1) is 0 Å². The predicted octanol–water partition coefficient (Wildman–Crippen LogP) is 1.76. The van der Waals surface area contributed by atoms with E-state index < -0.39 is 10.0 Å². The third-order valence-corrected chi connectivity index (χ3v) is 7.30. The van der Waals surface area contributed by atoms with Crippen molar-refractivity contribution in [3.05, 3.63) is 29.8 Å². The first-order chi connectivity index (χ1) is 14.2. The summed E-state index contributed by atoms with van der Waals surface area (Å²) in [5.74, 6) is -0.116. The molecule has 1 aliphatic heterocycles. The van der Waals surface area contributed by atoms with Gasteiger partial charge in [0.15, 0.2) is 5.78 Å². The van der Waals surface area contributed by atoms with Gasteiger partial charge in [0.25, 0.3) is 0 Å². The lowest BCUT2D eigenvalue weighted by molar-refractivity contribution is -0.133. The number of carbonyl (C=O) groups excluding carboxylic acids is 3. The minimum absolute atomic E-state index is 0.0507. The fourth-order valence-corrected chi connectivity index (χ4v) is 4.89. The Labute approximate surface area is 178 Å². The molecule has 166 valence electrons. The summed E-state index contributed by atoms with van der Waals surface area (Å²) < 4.78 is 27.0. The van der Waals surface area contributed by atoms with Gasteiger partial charge in [-0.15, -0.1) is 0 Å². The Balaban J connectivity index is 1.85. The van der Waals surface area contributed by atoms with Crippen molar-refractivity contribution in [1.82, 2.24) is 14.1 Å². The van der Waals surface area contributed by atoms with Crippen molar-refractivity contribution in [3.63, 3.8) is 0 Å². The highest BCUT2D eigenvalue weighted by atomic mass is 32.2. The van der Waals surface area contributed by atoms with Crippen molar-refractivity contribution >= 4 is 27.6 Å². The quantitative estimate of drug-likeness (QED) is 0.549. The van der Waals surface area contributed by atoms with Crippen molar-refractivity contribution in [3.8, 4) is 0 Å². The molecule has 2 amide bonds. The number of hydrogen-bond donors (Lipinski definition) is 0. The highest BCUT2D eigenvalue weighted by Gasteiger charge is 2.30.